The number of carbonyl (C=O) groups is 1. The maximum absolute atomic E-state index is 12.9. The molecule has 6 nitrogen and oxygen atoms in total. The number of aryl methyl sites for hydroxylation is 1. The fourth-order valence-corrected chi connectivity index (χ4v) is 3.85. The number of fused-ring (bicyclic) bond motifs is 1. The van der Waals surface area contributed by atoms with E-state index in [1.807, 2.05) is 43.3 Å². The molecule has 0 saturated heterocycles. The lowest BCUT2D eigenvalue weighted by Crippen LogP contribution is -2.14. The van der Waals surface area contributed by atoms with Crippen molar-refractivity contribution in [2.24, 2.45) is 0 Å². The smallest absolute Gasteiger partial charge is 0.259 e. The summed E-state index contributed by atoms with van der Waals surface area (Å²) in [5, 5.41) is 12.2. The topological polar surface area (TPSA) is 69.0 Å². The number of ether oxygens (including phenoxy) is 1. The lowest BCUT2D eigenvalue weighted by molar-refractivity contribution is 0.102. The van der Waals surface area contributed by atoms with E-state index < -0.39 is 0 Å². The zero-order valence-corrected chi connectivity index (χ0v) is 18.0. The van der Waals surface area contributed by atoms with E-state index in [0.717, 1.165) is 15.7 Å². The van der Waals surface area contributed by atoms with Crippen LogP contribution < -0.4 is 10.1 Å². The van der Waals surface area contributed by atoms with Crippen LogP contribution in [-0.4, -0.2) is 28.0 Å². The van der Waals surface area contributed by atoms with Crippen molar-refractivity contribution in [2.45, 2.75) is 6.92 Å². The van der Waals surface area contributed by atoms with E-state index in [-0.39, 0.29) is 5.91 Å². The van der Waals surface area contributed by atoms with Crippen molar-refractivity contribution in [3.8, 4) is 11.4 Å². The van der Waals surface area contributed by atoms with Gasteiger partial charge in [0.25, 0.3) is 5.91 Å². The summed E-state index contributed by atoms with van der Waals surface area (Å²) in [5.41, 5.74) is 3.78. The van der Waals surface area contributed by atoms with Gasteiger partial charge in [0.2, 0.25) is 0 Å². The molecule has 1 N–H and O–H groups in total. The predicted molar refractivity (Wildman–Crippen MR) is 117 cm³/mol. The van der Waals surface area contributed by atoms with Gasteiger partial charge in [-0.25, -0.2) is 0 Å². The van der Waals surface area contributed by atoms with Crippen LogP contribution in [0, 0.1) is 6.92 Å². The number of nitrogens with zero attached hydrogens (tertiary/aromatic N) is 3. The monoisotopic (exact) mass is 470 g/mol. The molecule has 0 saturated carbocycles. The lowest BCUT2D eigenvalue weighted by atomic mass is 10.1. The Morgan fingerprint density at radius 3 is 2.48 bits per heavy atom. The zero-order chi connectivity index (χ0) is 20.5. The van der Waals surface area contributed by atoms with Gasteiger partial charge in [0, 0.05) is 4.47 Å². The molecule has 3 aromatic carbocycles. The molecule has 8 heteroatoms. The van der Waals surface area contributed by atoms with Crippen molar-refractivity contribution in [1.82, 2.24) is 15.0 Å². The molecule has 4 rings (SSSR count). The number of aromatic nitrogens is 3. The highest BCUT2D eigenvalue weighted by atomic mass is 79.9. The maximum atomic E-state index is 12.9. The summed E-state index contributed by atoms with van der Waals surface area (Å²) in [6.07, 6.45) is 0. The second kappa shape index (κ2) is 7.85. The quantitative estimate of drug-likeness (QED) is 0.432. The van der Waals surface area contributed by atoms with E-state index >= 15 is 0 Å². The van der Waals surface area contributed by atoms with Crippen LogP contribution in [0.2, 0.25) is 5.02 Å². The number of carbonyl (C=O) groups excluding carboxylic acids is 1. The highest BCUT2D eigenvalue weighted by Gasteiger charge is 2.18. The molecule has 0 aliphatic rings. The SMILES string of the molecule is COc1c(C)cc(Br)cc1C(=O)Nc1cc2nn(-c3ccccc3)nc2cc1Cl. The predicted octanol–water partition coefficient (Wildman–Crippen LogP) is 5.41. The maximum Gasteiger partial charge on any atom is 0.259 e. The third-order valence-electron chi connectivity index (χ3n) is 4.39. The first-order valence-electron chi connectivity index (χ1n) is 8.74. The molecule has 29 heavy (non-hydrogen) atoms. The van der Waals surface area contributed by atoms with Crippen molar-refractivity contribution in [1.29, 1.82) is 0 Å². The van der Waals surface area contributed by atoms with Crippen molar-refractivity contribution in [3.05, 3.63) is 75.2 Å². The Hall–Kier alpha value is -2.90. The average Bonchev–Trinajstić information content (AvgIpc) is 3.11. The fraction of sp³-hybridized carbons (Fsp3) is 0.0952. The van der Waals surface area contributed by atoms with Gasteiger partial charge in [-0.3, -0.25) is 4.79 Å². The van der Waals surface area contributed by atoms with Crippen LogP contribution in [0.15, 0.2) is 59.1 Å². The normalized spacial score (nSPS) is 10.9. The molecule has 0 fully saturated rings. The fourth-order valence-electron chi connectivity index (χ4n) is 3.07. The minimum absolute atomic E-state index is 0.331. The molecule has 0 unspecified atom stereocenters. The molecule has 0 radical (unpaired) electrons. The second-order valence-electron chi connectivity index (χ2n) is 6.40. The summed E-state index contributed by atoms with van der Waals surface area (Å²) in [5.74, 6) is 0.181. The van der Waals surface area contributed by atoms with Crippen LogP contribution in [0.3, 0.4) is 0 Å². The Kier molecular flexibility index (Phi) is 5.25. The van der Waals surface area contributed by atoms with Crippen molar-refractivity contribution >= 4 is 50.2 Å². The molecule has 4 aromatic rings. The summed E-state index contributed by atoms with van der Waals surface area (Å²) in [4.78, 5) is 14.4. The summed E-state index contributed by atoms with van der Waals surface area (Å²) in [7, 11) is 1.54. The minimum Gasteiger partial charge on any atom is -0.496 e. The standard InChI is InChI=1S/C21H16BrClN4O2/c1-12-8-13(22)9-15(20(12)29-2)21(28)24-17-11-19-18(10-16(17)23)25-27(26-19)14-6-4-3-5-7-14/h3-11H,1-2H3,(H,24,28). The Morgan fingerprint density at radius 2 is 1.79 bits per heavy atom. The number of amides is 1. The van der Waals surface area contributed by atoms with Crippen LogP contribution in [0.25, 0.3) is 16.7 Å². The average molecular weight is 472 g/mol. The summed E-state index contributed by atoms with van der Waals surface area (Å²) in [6.45, 7) is 1.88. The molecule has 1 amide bonds. The minimum atomic E-state index is -0.331. The van der Waals surface area contributed by atoms with Crippen LogP contribution in [0.5, 0.6) is 5.75 Å². The second-order valence-corrected chi connectivity index (χ2v) is 7.73. The molecule has 0 aliphatic heterocycles. The first kappa shape index (κ1) is 19.4. The van der Waals surface area contributed by atoms with Gasteiger partial charge in [-0.1, -0.05) is 45.7 Å². The number of anilines is 1. The van der Waals surface area contributed by atoms with Crippen LogP contribution >= 0.6 is 27.5 Å². The zero-order valence-electron chi connectivity index (χ0n) is 15.6. The molecule has 1 aromatic heterocycles. The van der Waals surface area contributed by atoms with Gasteiger partial charge in [0.1, 0.15) is 16.8 Å². The van der Waals surface area contributed by atoms with Crippen LogP contribution in [-0.2, 0) is 0 Å². The summed E-state index contributed by atoms with van der Waals surface area (Å²) in [6, 6.07) is 16.5. The molecule has 146 valence electrons. The number of halogens is 2. The van der Waals surface area contributed by atoms with E-state index in [0.29, 0.717) is 33.1 Å². The van der Waals surface area contributed by atoms with E-state index in [9.17, 15) is 4.79 Å². The van der Waals surface area contributed by atoms with E-state index in [1.165, 1.54) is 11.9 Å². The van der Waals surface area contributed by atoms with Gasteiger partial charge in [-0.05, 0) is 48.9 Å². The number of rotatable bonds is 4. The number of nitrogens with one attached hydrogen (secondary N) is 1. The van der Waals surface area contributed by atoms with E-state index in [1.54, 1.807) is 18.2 Å². The van der Waals surface area contributed by atoms with Crippen molar-refractivity contribution < 1.29 is 9.53 Å². The Morgan fingerprint density at radius 1 is 1.10 bits per heavy atom. The number of hydrogen-bond donors (Lipinski definition) is 1. The number of benzene rings is 3. The molecule has 1 heterocycles. The van der Waals surface area contributed by atoms with Crippen LogP contribution in [0.1, 0.15) is 15.9 Å². The largest absolute Gasteiger partial charge is 0.496 e. The molecular weight excluding hydrogens is 456 g/mol. The summed E-state index contributed by atoms with van der Waals surface area (Å²) >= 11 is 9.81. The molecule has 0 aliphatic carbocycles. The van der Waals surface area contributed by atoms with Crippen molar-refractivity contribution in [2.75, 3.05) is 12.4 Å². The molecule has 0 spiro atoms. The highest BCUT2D eigenvalue weighted by molar-refractivity contribution is 9.10. The number of hydrogen-bond acceptors (Lipinski definition) is 4. The first-order valence-corrected chi connectivity index (χ1v) is 9.91. The molecule has 0 bridgehead atoms. The third kappa shape index (κ3) is 3.83. The number of para-hydroxylation sites is 1. The van der Waals surface area contributed by atoms with Gasteiger partial charge in [-0.15, -0.1) is 10.2 Å². The van der Waals surface area contributed by atoms with Gasteiger partial charge >= 0.3 is 0 Å². The molecule has 0 atom stereocenters. The Bertz CT molecular complexity index is 1220. The van der Waals surface area contributed by atoms with Gasteiger partial charge in [-0.2, -0.15) is 4.80 Å². The molecular formula is C21H16BrClN4O2. The Labute approximate surface area is 180 Å². The summed E-state index contributed by atoms with van der Waals surface area (Å²) < 4.78 is 6.19. The van der Waals surface area contributed by atoms with Gasteiger partial charge in [0.15, 0.2) is 0 Å². The number of methoxy groups -OCH3 is 1. The first-order chi connectivity index (χ1) is 14.0. The van der Waals surface area contributed by atoms with Crippen LogP contribution in [0.4, 0.5) is 5.69 Å². The highest BCUT2D eigenvalue weighted by Crippen LogP contribution is 2.31. The van der Waals surface area contributed by atoms with Gasteiger partial charge in [0.05, 0.1) is 29.1 Å². The third-order valence-corrected chi connectivity index (χ3v) is 5.16. The van der Waals surface area contributed by atoms with E-state index in [4.69, 9.17) is 16.3 Å². The lowest BCUT2D eigenvalue weighted by Gasteiger charge is -2.13. The van der Waals surface area contributed by atoms with E-state index in [2.05, 4.69) is 31.4 Å². The van der Waals surface area contributed by atoms with Crippen molar-refractivity contribution in [3.63, 3.8) is 0 Å². The van der Waals surface area contributed by atoms with Gasteiger partial charge < -0.3 is 10.1 Å². The Balaban J connectivity index is 1.70.